The molecule has 0 aliphatic heterocycles. The van der Waals surface area contributed by atoms with Gasteiger partial charge in [-0.05, 0) is 18.6 Å². The number of methoxy groups -OCH3 is 1. The molecule has 6 nitrogen and oxygen atoms in total. The van der Waals surface area contributed by atoms with Crippen molar-refractivity contribution in [1.29, 1.82) is 0 Å². The third-order valence-corrected chi connectivity index (χ3v) is 2.40. The van der Waals surface area contributed by atoms with E-state index in [9.17, 15) is 5.11 Å². The highest BCUT2D eigenvalue weighted by molar-refractivity contribution is 5.66. The smallest absolute Gasteiger partial charge is 0.240 e. The Balaban J connectivity index is 2.48. The highest BCUT2D eigenvalue weighted by atomic mass is 16.5. The molecule has 90 valence electrons. The van der Waals surface area contributed by atoms with Gasteiger partial charge in [-0.1, -0.05) is 5.16 Å². The van der Waals surface area contributed by atoms with Crippen molar-refractivity contribution in [3.05, 3.63) is 23.6 Å². The van der Waals surface area contributed by atoms with Crippen LogP contribution in [0.2, 0.25) is 0 Å². The SMILES string of the molecule is COc1cc(O)c(-c2noc(CN)n2)cc1C. The summed E-state index contributed by atoms with van der Waals surface area (Å²) in [5.74, 6) is 1.28. The molecule has 0 aliphatic rings. The maximum atomic E-state index is 9.85. The molecule has 1 aromatic carbocycles. The summed E-state index contributed by atoms with van der Waals surface area (Å²) in [6.07, 6.45) is 0. The number of aromatic nitrogens is 2. The molecule has 0 spiro atoms. The Kier molecular flexibility index (Phi) is 2.97. The van der Waals surface area contributed by atoms with Crippen molar-refractivity contribution in [2.75, 3.05) is 7.11 Å². The van der Waals surface area contributed by atoms with Crippen LogP contribution in [0.25, 0.3) is 11.4 Å². The van der Waals surface area contributed by atoms with Gasteiger partial charge < -0.3 is 20.1 Å². The van der Waals surface area contributed by atoms with Crippen LogP contribution in [0.15, 0.2) is 16.7 Å². The largest absolute Gasteiger partial charge is 0.507 e. The summed E-state index contributed by atoms with van der Waals surface area (Å²) in [7, 11) is 1.54. The Morgan fingerprint density at radius 1 is 1.47 bits per heavy atom. The van der Waals surface area contributed by atoms with E-state index in [1.54, 1.807) is 13.2 Å². The van der Waals surface area contributed by atoms with E-state index in [2.05, 4.69) is 10.1 Å². The molecular formula is C11H13N3O3. The fourth-order valence-corrected chi connectivity index (χ4v) is 1.52. The number of rotatable bonds is 3. The summed E-state index contributed by atoms with van der Waals surface area (Å²) in [5.41, 5.74) is 6.74. The quantitative estimate of drug-likeness (QED) is 0.830. The minimum Gasteiger partial charge on any atom is -0.507 e. The normalized spacial score (nSPS) is 10.5. The van der Waals surface area contributed by atoms with Crippen molar-refractivity contribution in [2.45, 2.75) is 13.5 Å². The zero-order valence-electron chi connectivity index (χ0n) is 9.60. The van der Waals surface area contributed by atoms with E-state index in [0.29, 0.717) is 23.0 Å². The van der Waals surface area contributed by atoms with Crippen LogP contribution in [-0.4, -0.2) is 22.4 Å². The van der Waals surface area contributed by atoms with E-state index in [4.69, 9.17) is 15.0 Å². The molecule has 17 heavy (non-hydrogen) atoms. The summed E-state index contributed by atoms with van der Waals surface area (Å²) in [6, 6.07) is 3.25. The van der Waals surface area contributed by atoms with Crippen molar-refractivity contribution < 1.29 is 14.4 Å². The van der Waals surface area contributed by atoms with Gasteiger partial charge in [-0.3, -0.25) is 0 Å². The number of nitrogens with two attached hydrogens (primary N) is 1. The van der Waals surface area contributed by atoms with Crippen molar-refractivity contribution in [2.24, 2.45) is 5.73 Å². The van der Waals surface area contributed by atoms with Crippen LogP contribution in [0.5, 0.6) is 11.5 Å². The minimum absolute atomic E-state index is 0.0387. The molecule has 0 radical (unpaired) electrons. The van der Waals surface area contributed by atoms with E-state index in [1.807, 2.05) is 6.92 Å². The fourth-order valence-electron chi connectivity index (χ4n) is 1.52. The predicted molar refractivity (Wildman–Crippen MR) is 60.6 cm³/mol. The van der Waals surface area contributed by atoms with Crippen LogP contribution in [0.1, 0.15) is 11.5 Å². The lowest BCUT2D eigenvalue weighted by atomic mass is 10.1. The lowest BCUT2D eigenvalue weighted by Crippen LogP contribution is -1.96. The summed E-state index contributed by atoms with van der Waals surface area (Å²) in [4.78, 5) is 4.05. The fraction of sp³-hybridized carbons (Fsp3) is 0.273. The monoisotopic (exact) mass is 235 g/mol. The number of benzene rings is 1. The topological polar surface area (TPSA) is 94.4 Å². The molecular weight excluding hydrogens is 222 g/mol. The molecule has 2 aromatic rings. The van der Waals surface area contributed by atoms with Crippen LogP contribution in [0, 0.1) is 6.92 Å². The van der Waals surface area contributed by atoms with Crippen LogP contribution in [-0.2, 0) is 6.54 Å². The number of nitrogens with zero attached hydrogens (tertiary/aromatic N) is 2. The molecule has 1 aromatic heterocycles. The number of ether oxygens (including phenoxy) is 1. The average molecular weight is 235 g/mol. The average Bonchev–Trinajstić information content (AvgIpc) is 2.80. The highest BCUT2D eigenvalue weighted by Gasteiger charge is 2.14. The van der Waals surface area contributed by atoms with E-state index in [0.717, 1.165) is 5.56 Å². The van der Waals surface area contributed by atoms with Crippen LogP contribution < -0.4 is 10.5 Å². The molecule has 0 saturated carbocycles. The third kappa shape index (κ3) is 2.07. The van der Waals surface area contributed by atoms with E-state index < -0.39 is 0 Å². The van der Waals surface area contributed by atoms with E-state index in [-0.39, 0.29) is 12.3 Å². The van der Waals surface area contributed by atoms with Crippen molar-refractivity contribution in [1.82, 2.24) is 10.1 Å². The van der Waals surface area contributed by atoms with Crippen LogP contribution in [0.3, 0.4) is 0 Å². The van der Waals surface area contributed by atoms with Gasteiger partial charge in [0.2, 0.25) is 11.7 Å². The molecule has 3 N–H and O–H groups in total. The Hall–Kier alpha value is -2.08. The van der Waals surface area contributed by atoms with Crippen molar-refractivity contribution >= 4 is 0 Å². The molecule has 1 heterocycles. The van der Waals surface area contributed by atoms with Gasteiger partial charge in [-0.2, -0.15) is 4.98 Å². The summed E-state index contributed by atoms with van der Waals surface area (Å²) in [6.45, 7) is 2.04. The first-order valence-electron chi connectivity index (χ1n) is 5.06. The first-order valence-corrected chi connectivity index (χ1v) is 5.06. The highest BCUT2D eigenvalue weighted by Crippen LogP contribution is 2.33. The Labute approximate surface area is 98.0 Å². The maximum absolute atomic E-state index is 9.85. The summed E-state index contributed by atoms with van der Waals surface area (Å²) >= 11 is 0. The molecule has 6 heteroatoms. The third-order valence-electron chi connectivity index (χ3n) is 2.40. The molecule has 0 aliphatic carbocycles. The Morgan fingerprint density at radius 2 is 2.24 bits per heavy atom. The van der Waals surface area contributed by atoms with Gasteiger partial charge >= 0.3 is 0 Å². The molecule has 0 atom stereocenters. The van der Waals surface area contributed by atoms with Crippen LogP contribution >= 0.6 is 0 Å². The standard InChI is InChI=1S/C11H13N3O3/c1-6-3-7(8(15)4-9(6)16-2)11-13-10(5-12)17-14-11/h3-4,15H,5,12H2,1-2H3. The summed E-state index contributed by atoms with van der Waals surface area (Å²) < 4.78 is 9.99. The first kappa shape index (κ1) is 11.4. The van der Waals surface area contributed by atoms with Gasteiger partial charge in [-0.15, -0.1) is 0 Å². The second-order valence-electron chi connectivity index (χ2n) is 3.55. The van der Waals surface area contributed by atoms with Gasteiger partial charge in [0.1, 0.15) is 11.5 Å². The number of phenolic OH excluding ortho intramolecular Hbond substituents is 1. The predicted octanol–water partition coefficient (Wildman–Crippen LogP) is 1.22. The van der Waals surface area contributed by atoms with Crippen LogP contribution in [0.4, 0.5) is 0 Å². The van der Waals surface area contributed by atoms with Gasteiger partial charge in [0.05, 0.1) is 19.2 Å². The van der Waals surface area contributed by atoms with Gasteiger partial charge in [0.25, 0.3) is 0 Å². The zero-order chi connectivity index (χ0) is 12.4. The van der Waals surface area contributed by atoms with Crippen molar-refractivity contribution in [3.63, 3.8) is 0 Å². The lowest BCUT2D eigenvalue weighted by molar-refractivity contribution is 0.380. The van der Waals surface area contributed by atoms with E-state index in [1.165, 1.54) is 6.07 Å². The zero-order valence-corrected chi connectivity index (χ0v) is 9.60. The van der Waals surface area contributed by atoms with Gasteiger partial charge in [-0.25, -0.2) is 0 Å². The summed E-state index contributed by atoms with van der Waals surface area (Å²) in [5, 5.41) is 13.6. The number of aryl methyl sites for hydroxylation is 1. The maximum Gasteiger partial charge on any atom is 0.240 e. The molecule has 0 unspecified atom stereocenters. The number of aromatic hydroxyl groups is 1. The number of hydrogen-bond donors (Lipinski definition) is 2. The molecule has 0 fully saturated rings. The second-order valence-corrected chi connectivity index (χ2v) is 3.55. The van der Waals surface area contributed by atoms with E-state index >= 15 is 0 Å². The minimum atomic E-state index is 0.0387. The number of hydrogen-bond acceptors (Lipinski definition) is 6. The van der Waals surface area contributed by atoms with Crippen molar-refractivity contribution in [3.8, 4) is 22.9 Å². The lowest BCUT2D eigenvalue weighted by Gasteiger charge is -2.07. The molecule has 0 amide bonds. The first-order chi connectivity index (χ1) is 8.15. The Morgan fingerprint density at radius 3 is 2.82 bits per heavy atom. The van der Waals surface area contributed by atoms with Gasteiger partial charge in [0, 0.05) is 6.07 Å². The second kappa shape index (κ2) is 4.42. The molecule has 0 saturated heterocycles. The molecule has 2 rings (SSSR count). The molecule has 0 bridgehead atoms. The number of phenols is 1. The Bertz CT molecular complexity index is 537. The van der Waals surface area contributed by atoms with Gasteiger partial charge in [0.15, 0.2) is 0 Å².